The molecule has 0 spiro atoms. The minimum absolute atomic E-state index is 0.127. The van der Waals surface area contributed by atoms with Gasteiger partial charge in [0, 0.05) is 30.4 Å². The lowest BCUT2D eigenvalue weighted by Gasteiger charge is -2.34. The minimum Gasteiger partial charge on any atom is -0.351 e. The zero-order chi connectivity index (χ0) is 19.3. The van der Waals surface area contributed by atoms with Crippen LogP contribution >= 0.6 is 0 Å². The van der Waals surface area contributed by atoms with Gasteiger partial charge in [-0.3, -0.25) is 9.59 Å². The molecule has 1 aliphatic rings. The molecule has 142 valence electrons. The molecular formula is C22H27N3O2. The molecule has 2 aromatic rings. The number of amides is 2. The molecule has 27 heavy (non-hydrogen) atoms. The first-order valence-corrected chi connectivity index (χ1v) is 9.41. The second kappa shape index (κ2) is 8.35. The molecule has 3 rings (SSSR count). The van der Waals surface area contributed by atoms with Gasteiger partial charge in [0.2, 0.25) is 0 Å². The Morgan fingerprint density at radius 1 is 1.04 bits per heavy atom. The van der Waals surface area contributed by atoms with Crippen LogP contribution in [0.15, 0.2) is 54.6 Å². The third kappa shape index (κ3) is 4.74. The molecule has 0 aromatic heterocycles. The van der Waals surface area contributed by atoms with Crippen molar-refractivity contribution in [3.63, 3.8) is 0 Å². The van der Waals surface area contributed by atoms with Gasteiger partial charge in [0.05, 0.1) is 0 Å². The number of benzene rings is 2. The predicted molar refractivity (Wildman–Crippen MR) is 108 cm³/mol. The average Bonchev–Trinajstić information content (AvgIpc) is 2.72. The van der Waals surface area contributed by atoms with Crippen molar-refractivity contribution in [3.8, 4) is 0 Å². The van der Waals surface area contributed by atoms with Crippen LogP contribution in [0, 0.1) is 5.41 Å². The van der Waals surface area contributed by atoms with Gasteiger partial charge in [-0.1, -0.05) is 31.2 Å². The molecule has 2 N–H and O–H groups in total. The number of carbonyl (C=O) groups is 2. The molecule has 5 nitrogen and oxygen atoms in total. The Labute approximate surface area is 160 Å². The number of nitrogens with one attached hydrogen (secondary N) is 2. The first-order valence-electron chi connectivity index (χ1n) is 9.41. The van der Waals surface area contributed by atoms with Crippen LogP contribution < -0.4 is 15.5 Å². The number of piperidine rings is 1. The Morgan fingerprint density at radius 3 is 2.41 bits per heavy atom. The quantitative estimate of drug-likeness (QED) is 0.856. The van der Waals surface area contributed by atoms with E-state index in [1.165, 1.54) is 0 Å². The van der Waals surface area contributed by atoms with E-state index in [-0.39, 0.29) is 17.2 Å². The van der Waals surface area contributed by atoms with E-state index < -0.39 is 0 Å². The lowest BCUT2D eigenvalue weighted by atomic mass is 9.81. The van der Waals surface area contributed by atoms with Crippen molar-refractivity contribution >= 4 is 17.5 Å². The molecule has 1 fully saturated rings. The molecular weight excluding hydrogens is 338 g/mol. The predicted octanol–water partition coefficient (Wildman–Crippen LogP) is 3.08. The lowest BCUT2D eigenvalue weighted by molar-refractivity contribution is 0.0922. The summed E-state index contributed by atoms with van der Waals surface area (Å²) in [5.41, 5.74) is 1.96. The number of para-hydroxylation sites is 1. The van der Waals surface area contributed by atoms with Crippen LogP contribution in [0.1, 0.15) is 40.5 Å². The zero-order valence-corrected chi connectivity index (χ0v) is 16.0. The van der Waals surface area contributed by atoms with Crippen molar-refractivity contribution in [1.29, 1.82) is 0 Å². The summed E-state index contributed by atoms with van der Waals surface area (Å²) in [6, 6.07) is 16.4. The van der Waals surface area contributed by atoms with Crippen molar-refractivity contribution in [3.05, 3.63) is 65.7 Å². The Bertz CT molecular complexity index is 798. The summed E-state index contributed by atoms with van der Waals surface area (Å²) >= 11 is 0. The molecule has 1 heterocycles. The molecule has 0 saturated carbocycles. The summed E-state index contributed by atoms with van der Waals surface area (Å²) in [5.74, 6) is -0.270. The molecule has 1 aliphatic heterocycles. The van der Waals surface area contributed by atoms with Crippen molar-refractivity contribution in [1.82, 2.24) is 10.6 Å². The van der Waals surface area contributed by atoms with Crippen LogP contribution in [0.4, 0.5) is 5.69 Å². The number of hydrogen-bond donors (Lipinski definition) is 2. The van der Waals surface area contributed by atoms with Gasteiger partial charge in [0.25, 0.3) is 11.8 Å². The Morgan fingerprint density at radius 2 is 1.70 bits per heavy atom. The minimum atomic E-state index is -0.138. The fraction of sp³-hybridized carbons (Fsp3) is 0.364. The lowest BCUT2D eigenvalue weighted by Crippen LogP contribution is -2.42. The van der Waals surface area contributed by atoms with E-state index in [2.05, 4.69) is 17.6 Å². The first-order chi connectivity index (χ1) is 13.0. The van der Waals surface area contributed by atoms with Crippen LogP contribution in [0.5, 0.6) is 0 Å². The maximum Gasteiger partial charge on any atom is 0.258 e. The van der Waals surface area contributed by atoms with E-state index in [4.69, 9.17) is 0 Å². The van der Waals surface area contributed by atoms with E-state index in [9.17, 15) is 9.59 Å². The molecule has 0 radical (unpaired) electrons. The smallest absolute Gasteiger partial charge is 0.258 e. The zero-order valence-electron chi connectivity index (χ0n) is 16.0. The van der Waals surface area contributed by atoms with Gasteiger partial charge in [-0.15, -0.1) is 0 Å². The number of anilines is 1. The summed E-state index contributed by atoms with van der Waals surface area (Å²) in [6.45, 7) is 4.84. The number of rotatable bonds is 5. The maximum absolute atomic E-state index is 12.8. The molecule has 1 saturated heterocycles. The molecule has 5 heteroatoms. The normalized spacial score (nSPS) is 15.8. The molecule has 0 atom stereocenters. The highest BCUT2D eigenvalue weighted by molar-refractivity contribution is 6.07. The Hall–Kier alpha value is -2.66. The second-order valence-electron chi connectivity index (χ2n) is 7.52. The second-order valence-corrected chi connectivity index (χ2v) is 7.52. The third-order valence-corrected chi connectivity index (χ3v) is 5.31. The van der Waals surface area contributed by atoms with Crippen LogP contribution in [0.3, 0.4) is 0 Å². The third-order valence-electron chi connectivity index (χ3n) is 5.31. The van der Waals surface area contributed by atoms with Crippen LogP contribution in [0.25, 0.3) is 0 Å². The highest BCUT2D eigenvalue weighted by Gasteiger charge is 2.27. The van der Waals surface area contributed by atoms with Crippen molar-refractivity contribution in [2.45, 2.75) is 19.8 Å². The van der Waals surface area contributed by atoms with Gasteiger partial charge in [-0.05, 0) is 61.7 Å². The van der Waals surface area contributed by atoms with Crippen LogP contribution in [-0.4, -0.2) is 38.5 Å². The number of carbonyl (C=O) groups excluding carboxylic acids is 2. The van der Waals surface area contributed by atoms with Crippen molar-refractivity contribution in [2.24, 2.45) is 5.41 Å². The Kier molecular flexibility index (Phi) is 5.91. The Balaban J connectivity index is 1.67. The van der Waals surface area contributed by atoms with Gasteiger partial charge >= 0.3 is 0 Å². The van der Waals surface area contributed by atoms with E-state index in [1.807, 2.05) is 30.3 Å². The maximum atomic E-state index is 12.8. The topological polar surface area (TPSA) is 61.4 Å². The summed E-state index contributed by atoms with van der Waals surface area (Å²) in [7, 11) is 1.74. The largest absolute Gasteiger partial charge is 0.351 e. The van der Waals surface area contributed by atoms with E-state index in [0.717, 1.165) is 31.6 Å². The molecule has 0 unspecified atom stereocenters. The van der Waals surface area contributed by atoms with Crippen LogP contribution in [-0.2, 0) is 0 Å². The first kappa shape index (κ1) is 19.1. The van der Waals surface area contributed by atoms with Crippen molar-refractivity contribution in [2.75, 3.05) is 31.6 Å². The monoisotopic (exact) mass is 365 g/mol. The highest BCUT2D eigenvalue weighted by atomic mass is 16.2. The van der Waals surface area contributed by atoms with E-state index in [0.29, 0.717) is 17.7 Å². The highest BCUT2D eigenvalue weighted by Crippen LogP contribution is 2.26. The van der Waals surface area contributed by atoms with Gasteiger partial charge in [-0.25, -0.2) is 0 Å². The molecule has 0 aliphatic carbocycles. The molecule has 0 bridgehead atoms. The number of hydrogen-bond acceptors (Lipinski definition) is 3. The molecule has 2 amide bonds. The fourth-order valence-electron chi connectivity index (χ4n) is 3.36. The standard InChI is InChI=1S/C22H27N3O2/c1-22(11-13-23-14-12-22)16-24-20(26)17-7-6-8-18(15-17)21(27)25(2)19-9-4-3-5-10-19/h3-10,15,23H,11-14,16H2,1-2H3,(H,24,26). The van der Waals surface area contributed by atoms with E-state index >= 15 is 0 Å². The summed E-state index contributed by atoms with van der Waals surface area (Å²) in [4.78, 5) is 26.9. The van der Waals surface area contributed by atoms with Crippen molar-refractivity contribution < 1.29 is 9.59 Å². The van der Waals surface area contributed by atoms with E-state index in [1.54, 1.807) is 36.2 Å². The average molecular weight is 365 g/mol. The van der Waals surface area contributed by atoms with Gasteiger partial charge in [0.15, 0.2) is 0 Å². The van der Waals surface area contributed by atoms with Gasteiger partial charge in [-0.2, -0.15) is 0 Å². The molecule has 2 aromatic carbocycles. The summed E-state index contributed by atoms with van der Waals surface area (Å²) in [5, 5.41) is 6.39. The summed E-state index contributed by atoms with van der Waals surface area (Å²) in [6.07, 6.45) is 2.10. The SMILES string of the molecule is CN(C(=O)c1cccc(C(=O)NCC2(C)CCNCC2)c1)c1ccccc1. The van der Waals surface area contributed by atoms with Crippen LogP contribution in [0.2, 0.25) is 0 Å². The fourth-order valence-corrected chi connectivity index (χ4v) is 3.36. The van der Waals surface area contributed by atoms with Gasteiger partial charge in [0.1, 0.15) is 0 Å². The number of nitrogens with zero attached hydrogens (tertiary/aromatic N) is 1. The van der Waals surface area contributed by atoms with Gasteiger partial charge < -0.3 is 15.5 Å². The summed E-state index contributed by atoms with van der Waals surface area (Å²) < 4.78 is 0.